The summed E-state index contributed by atoms with van der Waals surface area (Å²) in [6.45, 7) is 5.60. The van der Waals surface area contributed by atoms with Crippen LogP contribution < -0.4 is 5.32 Å². The lowest BCUT2D eigenvalue weighted by atomic mass is 10.2. The Bertz CT molecular complexity index is 621. The van der Waals surface area contributed by atoms with Crippen molar-refractivity contribution in [3.63, 3.8) is 0 Å². The quantitative estimate of drug-likeness (QED) is 0.912. The number of rotatable bonds is 3. The van der Waals surface area contributed by atoms with Crippen LogP contribution in [0, 0.1) is 13.8 Å². The van der Waals surface area contributed by atoms with E-state index in [4.69, 9.17) is 4.74 Å². The molecule has 1 fully saturated rings. The largest absolute Gasteiger partial charge is 0.450 e. The molecule has 1 aliphatic rings. The van der Waals surface area contributed by atoms with Gasteiger partial charge in [0.2, 0.25) is 0 Å². The van der Waals surface area contributed by atoms with E-state index in [1.807, 2.05) is 6.92 Å². The lowest BCUT2D eigenvalue weighted by Gasteiger charge is -2.11. The molecule has 2 heterocycles. The van der Waals surface area contributed by atoms with Crippen LogP contribution in [0.1, 0.15) is 30.8 Å². The molecular formula is C12H19N3O4S. The van der Waals surface area contributed by atoms with E-state index in [9.17, 15) is 13.2 Å². The summed E-state index contributed by atoms with van der Waals surface area (Å²) in [5.74, 6) is 0.296. The number of carbonyl (C=O) groups is 1. The third-order valence-electron chi connectivity index (χ3n) is 3.38. The second-order valence-corrected chi connectivity index (χ2v) is 7.12. The average Bonchev–Trinajstić information content (AvgIpc) is 2.84. The summed E-state index contributed by atoms with van der Waals surface area (Å²) in [6, 6.07) is -0.156. The Morgan fingerprint density at radius 3 is 2.75 bits per heavy atom. The summed E-state index contributed by atoms with van der Waals surface area (Å²) in [5, 5.41) is 7.00. The maximum atomic E-state index is 11.5. The number of ether oxygens (including phenoxy) is 1. The standard InChI is InChI=1S/C12H19N3O4S/c1-4-19-12(16)13-11-8(2)14-15(9(11)3)10-5-6-20(17,18)7-10/h10H,4-7H2,1-3H3,(H,13,16)/t10-/m0/s1. The SMILES string of the molecule is CCOC(=O)Nc1c(C)nn([C@H]2CCS(=O)(=O)C2)c1C. The maximum Gasteiger partial charge on any atom is 0.411 e. The molecule has 1 amide bonds. The van der Waals surface area contributed by atoms with Crippen LogP contribution >= 0.6 is 0 Å². The fourth-order valence-corrected chi connectivity index (χ4v) is 4.13. The first-order valence-corrected chi connectivity index (χ1v) is 8.36. The van der Waals surface area contributed by atoms with E-state index in [1.54, 1.807) is 18.5 Å². The van der Waals surface area contributed by atoms with Crippen LogP contribution in [-0.4, -0.2) is 42.4 Å². The molecule has 1 saturated heterocycles. The van der Waals surface area contributed by atoms with E-state index in [2.05, 4.69) is 10.4 Å². The first kappa shape index (κ1) is 14.8. The highest BCUT2D eigenvalue weighted by Crippen LogP contribution is 2.29. The predicted molar refractivity (Wildman–Crippen MR) is 74.7 cm³/mol. The van der Waals surface area contributed by atoms with Crippen molar-refractivity contribution in [2.45, 2.75) is 33.2 Å². The van der Waals surface area contributed by atoms with E-state index in [-0.39, 0.29) is 17.5 Å². The number of anilines is 1. The second-order valence-electron chi connectivity index (χ2n) is 4.89. The third-order valence-corrected chi connectivity index (χ3v) is 5.13. The molecule has 0 spiro atoms. The number of amides is 1. The van der Waals surface area contributed by atoms with Gasteiger partial charge in [-0.1, -0.05) is 0 Å². The average molecular weight is 301 g/mol. The van der Waals surface area contributed by atoms with Crippen LogP contribution in [0.15, 0.2) is 0 Å². The van der Waals surface area contributed by atoms with Crippen LogP contribution in [-0.2, 0) is 14.6 Å². The summed E-state index contributed by atoms with van der Waals surface area (Å²) < 4.78 is 29.6. The number of nitrogens with zero attached hydrogens (tertiary/aromatic N) is 2. The molecule has 0 bridgehead atoms. The van der Waals surface area contributed by atoms with Gasteiger partial charge in [-0.15, -0.1) is 0 Å². The van der Waals surface area contributed by atoms with Gasteiger partial charge in [-0.3, -0.25) is 10.00 Å². The van der Waals surface area contributed by atoms with Crippen molar-refractivity contribution in [1.82, 2.24) is 9.78 Å². The first-order valence-electron chi connectivity index (χ1n) is 6.54. The molecule has 1 aromatic rings. The molecule has 0 radical (unpaired) electrons. The monoisotopic (exact) mass is 301 g/mol. The zero-order valence-electron chi connectivity index (χ0n) is 11.8. The molecule has 1 aliphatic heterocycles. The first-order chi connectivity index (χ1) is 9.34. The van der Waals surface area contributed by atoms with Gasteiger partial charge >= 0.3 is 6.09 Å². The molecule has 112 valence electrons. The minimum Gasteiger partial charge on any atom is -0.450 e. The molecule has 1 atom stereocenters. The molecule has 0 aromatic carbocycles. The van der Waals surface area contributed by atoms with Crippen molar-refractivity contribution in [2.24, 2.45) is 0 Å². The summed E-state index contributed by atoms with van der Waals surface area (Å²) in [7, 11) is -2.97. The lowest BCUT2D eigenvalue weighted by Crippen LogP contribution is -2.16. The van der Waals surface area contributed by atoms with Gasteiger partial charge in [0, 0.05) is 0 Å². The third kappa shape index (κ3) is 2.95. The van der Waals surface area contributed by atoms with Crippen molar-refractivity contribution >= 4 is 21.6 Å². The van der Waals surface area contributed by atoms with E-state index >= 15 is 0 Å². The van der Waals surface area contributed by atoms with Crippen molar-refractivity contribution in [2.75, 3.05) is 23.4 Å². The highest BCUT2D eigenvalue weighted by molar-refractivity contribution is 7.91. The molecule has 7 nitrogen and oxygen atoms in total. The van der Waals surface area contributed by atoms with Crippen LogP contribution in [0.25, 0.3) is 0 Å². The fraction of sp³-hybridized carbons (Fsp3) is 0.667. The molecule has 0 unspecified atom stereocenters. The number of hydrogen-bond acceptors (Lipinski definition) is 5. The zero-order chi connectivity index (χ0) is 14.9. The lowest BCUT2D eigenvalue weighted by molar-refractivity contribution is 0.168. The Kier molecular flexibility index (Phi) is 4.03. The van der Waals surface area contributed by atoms with Gasteiger partial charge in [-0.2, -0.15) is 5.10 Å². The van der Waals surface area contributed by atoms with Gasteiger partial charge in [0.15, 0.2) is 9.84 Å². The van der Waals surface area contributed by atoms with E-state index < -0.39 is 15.9 Å². The number of carbonyl (C=O) groups excluding carboxylic acids is 1. The number of hydrogen-bond donors (Lipinski definition) is 1. The van der Waals surface area contributed by atoms with Crippen molar-refractivity contribution < 1.29 is 17.9 Å². The van der Waals surface area contributed by atoms with Gasteiger partial charge in [-0.05, 0) is 27.2 Å². The van der Waals surface area contributed by atoms with E-state index in [0.29, 0.717) is 24.4 Å². The highest BCUT2D eigenvalue weighted by atomic mass is 32.2. The normalized spacial score (nSPS) is 20.9. The van der Waals surface area contributed by atoms with E-state index in [1.165, 1.54) is 0 Å². The van der Waals surface area contributed by atoms with Gasteiger partial charge in [0.1, 0.15) is 0 Å². The number of aryl methyl sites for hydroxylation is 1. The van der Waals surface area contributed by atoms with Crippen molar-refractivity contribution in [1.29, 1.82) is 0 Å². The molecule has 2 rings (SSSR count). The second kappa shape index (κ2) is 5.43. The number of sulfone groups is 1. The Morgan fingerprint density at radius 1 is 1.50 bits per heavy atom. The summed E-state index contributed by atoms with van der Waals surface area (Å²) in [4.78, 5) is 11.5. The number of aromatic nitrogens is 2. The molecular weight excluding hydrogens is 282 g/mol. The van der Waals surface area contributed by atoms with Crippen LogP contribution in [0.5, 0.6) is 0 Å². The molecule has 20 heavy (non-hydrogen) atoms. The van der Waals surface area contributed by atoms with Crippen LogP contribution in [0.3, 0.4) is 0 Å². The topological polar surface area (TPSA) is 90.3 Å². The molecule has 1 N–H and O–H groups in total. The Morgan fingerprint density at radius 2 is 2.20 bits per heavy atom. The molecule has 8 heteroatoms. The van der Waals surface area contributed by atoms with Crippen LogP contribution in [0.4, 0.5) is 10.5 Å². The molecule has 0 saturated carbocycles. The summed E-state index contributed by atoms with van der Waals surface area (Å²) >= 11 is 0. The number of nitrogens with one attached hydrogen (secondary N) is 1. The predicted octanol–water partition coefficient (Wildman–Crippen LogP) is 1.43. The maximum absolute atomic E-state index is 11.5. The fourth-order valence-electron chi connectivity index (χ4n) is 2.44. The van der Waals surface area contributed by atoms with Crippen molar-refractivity contribution in [3.8, 4) is 0 Å². The van der Waals surface area contributed by atoms with Gasteiger partial charge < -0.3 is 4.74 Å². The van der Waals surface area contributed by atoms with Gasteiger partial charge in [0.05, 0.1) is 41.2 Å². The molecule has 1 aromatic heterocycles. The van der Waals surface area contributed by atoms with Gasteiger partial charge in [-0.25, -0.2) is 13.2 Å². The minimum absolute atomic E-state index is 0.105. The minimum atomic E-state index is -2.97. The highest BCUT2D eigenvalue weighted by Gasteiger charge is 2.31. The van der Waals surface area contributed by atoms with E-state index in [0.717, 1.165) is 5.69 Å². The Hall–Kier alpha value is -1.57. The smallest absolute Gasteiger partial charge is 0.411 e. The Labute approximate surface area is 118 Å². The van der Waals surface area contributed by atoms with Crippen LogP contribution in [0.2, 0.25) is 0 Å². The Balaban J connectivity index is 2.23. The zero-order valence-corrected chi connectivity index (χ0v) is 12.7. The molecule has 0 aliphatic carbocycles. The summed E-state index contributed by atoms with van der Waals surface area (Å²) in [6.07, 6.45) is 0.0284. The van der Waals surface area contributed by atoms with Crippen molar-refractivity contribution in [3.05, 3.63) is 11.4 Å². The van der Waals surface area contributed by atoms with Gasteiger partial charge in [0.25, 0.3) is 0 Å². The summed E-state index contributed by atoms with van der Waals surface area (Å²) in [5.41, 5.74) is 1.99.